The number of benzene rings is 6. The summed E-state index contributed by atoms with van der Waals surface area (Å²) in [4.78, 5) is 49.3. The van der Waals surface area contributed by atoms with Gasteiger partial charge in [0.2, 0.25) is 23.8 Å². The summed E-state index contributed by atoms with van der Waals surface area (Å²) in [6, 6.07) is 37.6. The molecule has 0 saturated heterocycles. The van der Waals surface area contributed by atoms with Gasteiger partial charge < -0.3 is 39.6 Å². The highest BCUT2D eigenvalue weighted by molar-refractivity contribution is 7.86. The first-order valence-corrected chi connectivity index (χ1v) is 25.4. The quantitative estimate of drug-likeness (QED) is 0.0298. The summed E-state index contributed by atoms with van der Waals surface area (Å²) in [6.45, 7) is 3.54. The second kappa shape index (κ2) is 20.6. The van der Waals surface area contributed by atoms with E-state index in [1.54, 1.807) is 86.6 Å². The molecule has 0 unspecified atom stereocenters. The lowest BCUT2D eigenvalue weighted by Crippen LogP contribution is -2.07. The molecule has 24 heteroatoms. The van der Waals surface area contributed by atoms with Crippen LogP contribution in [-0.2, 0) is 20.2 Å². The van der Waals surface area contributed by atoms with Crippen LogP contribution in [0.25, 0.3) is 34.1 Å². The van der Waals surface area contributed by atoms with Gasteiger partial charge in [0.05, 0.1) is 0 Å². The van der Waals surface area contributed by atoms with Crippen molar-refractivity contribution >= 4 is 101 Å². The van der Waals surface area contributed by atoms with E-state index in [4.69, 9.17) is 18.3 Å². The lowest BCUT2D eigenvalue weighted by molar-refractivity contribution is 0.440. The number of fused-ring (bicyclic) bond motifs is 2. The van der Waals surface area contributed by atoms with Crippen LogP contribution in [0.15, 0.2) is 174 Å². The largest absolute Gasteiger partial charge is 0.424 e. The molecule has 6 N–H and O–H groups in total. The van der Waals surface area contributed by atoms with Crippen LogP contribution >= 0.6 is 0 Å². The molecule has 0 amide bonds. The van der Waals surface area contributed by atoms with E-state index in [-0.39, 0.29) is 81.0 Å². The average molecular weight is 1060 g/mol. The van der Waals surface area contributed by atoms with Crippen molar-refractivity contribution in [1.29, 1.82) is 0 Å². The van der Waals surface area contributed by atoms with Crippen LogP contribution < -0.4 is 42.0 Å². The van der Waals surface area contributed by atoms with Gasteiger partial charge in [-0.15, -0.1) is 0 Å². The van der Waals surface area contributed by atoms with Gasteiger partial charge in [-0.2, -0.15) is 46.7 Å². The fourth-order valence-electron chi connectivity index (χ4n) is 7.66. The molecular weight excluding hydrogens is 1020 g/mol. The predicted molar refractivity (Wildman–Crippen MR) is 282 cm³/mol. The number of hydrogen-bond acceptors (Lipinski definition) is 20. The topological polar surface area (TPSA) is 313 Å². The number of nitrogens with zero attached hydrogens (tertiary/aromatic N) is 6. The van der Waals surface area contributed by atoms with Gasteiger partial charge in [-0.25, -0.2) is 9.59 Å². The number of rotatable bonds is 16. The van der Waals surface area contributed by atoms with Gasteiger partial charge in [0.15, 0.2) is 0 Å². The maximum atomic E-state index is 12.9. The number of aryl methyl sites for hydroxylation is 2. The second-order valence-electron chi connectivity index (χ2n) is 16.6. The van der Waals surface area contributed by atoms with E-state index in [0.717, 1.165) is 12.1 Å². The maximum absolute atomic E-state index is 12.9. The summed E-state index contributed by atoms with van der Waals surface area (Å²) < 4.78 is 95.2. The van der Waals surface area contributed by atoms with Gasteiger partial charge >= 0.3 is 23.3 Å². The highest BCUT2D eigenvalue weighted by Gasteiger charge is 2.20. The van der Waals surface area contributed by atoms with E-state index >= 15 is 0 Å². The van der Waals surface area contributed by atoms with Gasteiger partial charge in [-0.1, -0.05) is 60.7 Å². The van der Waals surface area contributed by atoms with Crippen molar-refractivity contribution in [3.05, 3.63) is 189 Å². The van der Waals surface area contributed by atoms with Crippen molar-refractivity contribution in [2.75, 3.05) is 21.3 Å². The molecule has 76 heavy (non-hydrogen) atoms. The lowest BCUT2D eigenvalue weighted by atomic mass is 10.1. The molecular formula is C52H38N10O12S2. The highest BCUT2D eigenvalue weighted by Crippen LogP contribution is 2.32. The minimum absolute atomic E-state index is 0.0227. The molecule has 22 nitrogen and oxygen atoms in total. The molecule has 10 aromatic rings. The summed E-state index contributed by atoms with van der Waals surface area (Å²) in [6.07, 6.45) is 2.45. The molecule has 6 aromatic carbocycles. The van der Waals surface area contributed by atoms with Crippen molar-refractivity contribution in [3.8, 4) is 23.5 Å². The Kier molecular flexibility index (Phi) is 13.4. The Labute approximate surface area is 430 Å². The molecule has 0 spiro atoms. The number of hydrogen-bond donors (Lipinski definition) is 6. The fourth-order valence-corrected chi connectivity index (χ4v) is 9.08. The van der Waals surface area contributed by atoms with E-state index in [1.165, 1.54) is 60.7 Å². The number of ether oxygens (including phenoxy) is 2. The molecule has 0 aliphatic rings. The summed E-state index contributed by atoms with van der Waals surface area (Å²) in [7, 11) is -9.91. The zero-order chi connectivity index (χ0) is 53.1. The average Bonchev–Trinajstić information content (AvgIpc) is 3.36. The van der Waals surface area contributed by atoms with Crippen molar-refractivity contribution in [2.24, 2.45) is 0 Å². The van der Waals surface area contributed by atoms with E-state index in [1.807, 2.05) is 12.1 Å². The Morgan fingerprint density at radius 2 is 0.816 bits per heavy atom. The third-order valence-corrected chi connectivity index (χ3v) is 12.9. The van der Waals surface area contributed by atoms with Gasteiger partial charge in [0.1, 0.15) is 32.5 Å². The zero-order valence-electron chi connectivity index (χ0n) is 39.5. The van der Waals surface area contributed by atoms with Crippen LogP contribution in [0.3, 0.4) is 0 Å². The Hall–Kier alpha value is -9.88. The Morgan fingerprint density at radius 1 is 0.447 bits per heavy atom. The van der Waals surface area contributed by atoms with Gasteiger partial charge in [-0.05, 0) is 109 Å². The summed E-state index contributed by atoms with van der Waals surface area (Å²) >= 11 is 0. The third-order valence-electron chi connectivity index (χ3n) is 11.1. The van der Waals surface area contributed by atoms with Crippen molar-refractivity contribution < 1.29 is 44.2 Å². The van der Waals surface area contributed by atoms with Gasteiger partial charge in [0.25, 0.3) is 20.2 Å². The van der Waals surface area contributed by atoms with Crippen LogP contribution in [0, 0.1) is 13.8 Å². The van der Waals surface area contributed by atoms with Gasteiger partial charge in [0, 0.05) is 57.8 Å². The minimum Gasteiger partial charge on any atom is -0.424 e. The molecule has 0 radical (unpaired) electrons. The third kappa shape index (κ3) is 11.8. The molecule has 0 saturated carbocycles. The Morgan fingerprint density at radius 3 is 1.18 bits per heavy atom. The second-order valence-corrected chi connectivity index (χ2v) is 19.3. The van der Waals surface area contributed by atoms with Crippen molar-refractivity contribution in [2.45, 2.75) is 23.6 Å². The highest BCUT2D eigenvalue weighted by atomic mass is 32.2. The minimum atomic E-state index is -4.96. The first-order valence-electron chi connectivity index (χ1n) is 22.5. The maximum Gasteiger partial charge on any atom is 0.336 e. The monoisotopic (exact) mass is 1060 g/mol. The van der Waals surface area contributed by atoms with E-state index in [0.29, 0.717) is 33.3 Å². The molecule has 0 aliphatic heterocycles. The Bertz CT molecular complexity index is 4010. The van der Waals surface area contributed by atoms with Crippen molar-refractivity contribution in [3.63, 3.8) is 0 Å². The smallest absolute Gasteiger partial charge is 0.336 e. The SMILES string of the molecule is Cc1cc(=O)oc2cc(Oc3nc(Nc4ccccc4)nc(Nc4ccc(C=Cc5ccc(Nc6nc(Nc7ccccc7)nc(Oc7ccc8c(C)cc(=O)oc8c7)n6)cc5S(=O)(=O)O)c(S(=O)(=O)O)c4)n3)ccc12. The van der Waals surface area contributed by atoms with E-state index in [2.05, 4.69) is 51.2 Å². The molecule has 380 valence electrons. The fraction of sp³-hybridized carbons (Fsp3) is 0.0385. The normalized spacial score (nSPS) is 11.7. The van der Waals surface area contributed by atoms with Crippen LogP contribution in [-0.4, -0.2) is 55.8 Å². The van der Waals surface area contributed by atoms with Crippen LogP contribution in [0.1, 0.15) is 22.3 Å². The Balaban J connectivity index is 0.929. The molecule has 4 heterocycles. The molecule has 0 atom stereocenters. The summed E-state index contributed by atoms with van der Waals surface area (Å²) in [5.41, 5.74) is 2.09. The van der Waals surface area contributed by atoms with Crippen molar-refractivity contribution in [1.82, 2.24) is 29.9 Å². The molecule has 0 fully saturated rings. The van der Waals surface area contributed by atoms with Crippen LogP contribution in [0.4, 0.5) is 46.5 Å². The lowest BCUT2D eigenvalue weighted by Gasteiger charge is -2.13. The van der Waals surface area contributed by atoms with E-state index in [9.17, 15) is 35.5 Å². The number of aromatic nitrogens is 6. The molecule has 4 aromatic heterocycles. The predicted octanol–water partition coefficient (Wildman–Crippen LogP) is 10.1. The standard InChI is InChI=1S/C52H38N10O12S2/c1-29-23-45(63)73-41-27-37(19-21-39(29)41)71-51-59-47(53-33-9-5-3-6-10-33)57-49(61-51)55-35-17-15-31(43(25-35)75(65,66)67)13-14-32-16-18-36(26-44(32)76(68,69)70)56-50-58-48(54-34-11-7-4-8-12-34)60-52(62-50)72-38-20-22-40-30(2)24-46(64)74-42(40)28-38/h3-28H,1-2H3,(H,65,66,67)(H,68,69,70)(H2,53,55,57,59,61)(H2,54,56,58,60,62). The zero-order valence-corrected chi connectivity index (χ0v) is 41.1. The first kappa shape index (κ1) is 49.7. The first-order chi connectivity index (χ1) is 36.4. The number of nitrogens with one attached hydrogen (secondary N) is 4. The summed E-state index contributed by atoms with van der Waals surface area (Å²) in [5.74, 6) is 0.242. The summed E-state index contributed by atoms with van der Waals surface area (Å²) in [5, 5.41) is 13.3. The van der Waals surface area contributed by atoms with Crippen LogP contribution in [0.5, 0.6) is 23.5 Å². The molecule has 0 aliphatic carbocycles. The van der Waals surface area contributed by atoms with Gasteiger partial charge in [-0.3, -0.25) is 9.11 Å². The number of para-hydroxylation sites is 2. The van der Waals surface area contributed by atoms with E-state index < -0.39 is 41.3 Å². The molecule has 0 bridgehead atoms. The van der Waals surface area contributed by atoms with Crippen LogP contribution in [0.2, 0.25) is 0 Å². The number of anilines is 8. The molecule has 10 rings (SSSR count).